The molecule has 5 N–H and O–H groups in total. The third kappa shape index (κ3) is 17.4. The maximum absolute atomic E-state index is 13.9. The van der Waals surface area contributed by atoms with E-state index >= 15 is 0 Å². The van der Waals surface area contributed by atoms with Gasteiger partial charge in [0.1, 0.15) is 36.9 Å². The first-order chi connectivity index (χ1) is 34.7. The predicted octanol–water partition coefficient (Wildman–Crippen LogP) is 5.73. The van der Waals surface area contributed by atoms with Crippen molar-refractivity contribution in [2.45, 2.75) is 84.5 Å². The fourth-order valence-corrected chi connectivity index (χ4v) is 9.08. The molecule has 0 spiro atoms. The molecule has 1 aliphatic carbocycles. The van der Waals surface area contributed by atoms with E-state index in [0.29, 0.717) is 70.2 Å². The summed E-state index contributed by atoms with van der Waals surface area (Å²) in [5.74, 6) is 0.954. The van der Waals surface area contributed by atoms with E-state index < -0.39 is 35.4 Å². The van der Waals surface area contributed by atoms with Crippen LogP contribution in [0.4, 0.5) is 17.5 Å². The minimum Gasteiger partial charge on any atom is -0.491 e. The van der Waals surface area contributed by atoms with Crippen LogP contribution in [0.15, 0.2) is 64.7 Å². The van der Waals surface area contributed by atoms with E-state index in [4.69, 9.17) is 23.7 Å². The van der Waals surface area contributed by atoms with Gasteiger partial charge in [-0.3, -0.25) is 19.2 Å². The number of carbonyl (C=O) groups excluding carboxylic acids is 4. The van der Waals surface area contributed by atoms with E-state index in [9.17, 15) is 24.3 Å². The van der Waals surface area contributed by atoms with Gasteiger partial charge in [0.15, 0.2) is 0 Å². The molecule has 2 aromatic heterocycles. The summed E-state index contributed by atoms with van der Waals surface area (Å²) in [6, 6.07) is 13.5. The van der Waals surface area contributed by atoms with E-state index in [1.807, 2.05) is 93.7 Å². The summed E-state index contributed by atoms with van der Waals surface area (Å²) in [4.78, 5) is 70.2. The number of hydrogen-bond acceptors (Lipinski definition) is 16. The number of aliphatic hydroxyl groups is 1. The molecule has 4 aromatic rings. The number of aliphatic hydroxyl groups excluding tert-OH is 1. The summed E-state index contributed by atoms with van der Waals surface area (Å²) in [6.07, 6.45) is 4.88. The van der Waals surface area contributed by atoms with Gasteiger partial charge in [-0.05, 0) is 82.9 Å². The highest BCUT2D eigenvalue weighted by molar-refractivity contribution is 9.10. The van der Waals surface area contributed by atoms with E-state index in [1.165, 1.54) is 4.90 Å². The topological polar surface area (TPSA) is 228 Å². The lowest BCUT2D eigenvalue weighted by atomic mass is 9.84. The first kappa shape index (κ1) is 56.0. The zero-order valence-electron chi connectivity index (χ0n) is 42.0. The summed E-state index contributed by atoms with van der Waals surface area (Å²) in [6.45, 7) is 11.3. The molecule has 392 valence electrons. The summed E-state index contributed by atoms with van der Waals surface area (Å²) in [7, 11) is 1.87. The Kier molecular flexibility index (Phi) is 22.0. The van der Waals surface area contributed by atoms with E-state index in [-0.39, 0.29) is 57.1 Å². The van der Waals surface area contributed by atoms with Crippen LogP contribution >= 0.6 is 27.3 Å². The van der Waals surface area contributed by atoms with Gasteiger partial charge in [-0.15, -0.1) is 11.3 Å². The maximum Gasteiger partial charge on any atom is 0.246 e. The van der Waals surface area contributed by atoms with Gasteiger partial charge < -0.3 is 59.9 Å². The Morgan fingerprint density at radius 2 is 1.58 bits per heavy atom. The van der Waals surface area contributed by atoms with Gasteiger partial charge in [-0.2, -0.15) is 4.98 Å². The number of β-amino-alcohol motifs (C(OH)–C–C–N with tert-alkyl or cyclic N) is 1. The lowest BCUT2D eigenvalue weighted by Gasteiger charge is -2.35. The van der Waals surface area contributed by atoms with Crippen molar-refractivity contribution in [2.24, 2.45) is 11.3 Å². The van der Waals surface area contributed by atoms with Crippen molar-refractivity contribution in [3.8, 4) is 16.2 Å². The number of aromatic nitrogens is 3. The standard InChI is InChI=1S/C51H70BrN9O10S/c1-34-44(72-33-56-34)36-12-10-35(11-13-36)29-54-47(64)42-28-39(62)31-61(42)49(66)45(51(2,3)4)58-43(63)32-70-25-24-68-21-20-67-22-23-69-26-27-71-40-16-14-38(15-17-40)57-50-55-30-41(52)46(59-50)53-18-7-19-60(5)48(65)37-8-6-9-37/h10-17,30,33,37,39,42,45,62H,6-9,18-29,31-32H2,1-5H3,(H,54,64)(H,58,63)(H2,53,55,57,59)/t39-,42+,45-/m1/s1. The first-order valence-electron chi connectivity index (χ1n) is 24.5. The lowest BCUT2D eigenvalue weighted by molar-refractivity contribution is -0.144. The average molecular weight is 1080 g/mol. The van der Waals surface area contributed by atoms with Gasteiger partial charge in [0.25, 0.3) is 0 Å². The molecule has 21 heteroatoms. The quantitative estimate of drug-likeness (QED) is 0.0410. The maximum atomic E-state index is 13.9. The summed E-state index contributed by atoms with van der Waals surface area (Å²) >= 11 is 5.08. The molecular weight excluding hydrogens is 1010 g/mol. The molecule has 2 aromatic carbocycles. The van der Waals surface area contributed by atoms with Crippen LogP contribution in [0, 0.1) is 18.3 Å². The highest BCUT2D eigenvalue weighted by Crippen LogP contribution is 2.30. The first-order valence-corrected chi connectivity index (χ1v) is 26.2. The molecule has 0 radical (unpaired) electrons. The van der Waals surface area contributed by atoms with Crippen molar-refractivity contribution < 1.29 is 48.0 Å². The zero-order valence-corrected chi connectivity index (χ0v) is 44.4. The van der Waals surface area contributed by atoms with Crippen molar-refractivity contribution in [3.63, 3.8) is 0 Å². The van der Waals surface area contributed by atoms with Gasteiger partial charge in [-0.25, -0.2) is 9.97 Å². The van der Waals surface area contributed by atoms with Crippen LogP contribution < -0.4 is 26.0 Å². The Bertz CT molecular complexity index is 2350. The second-order valence-electron chi connectivity index (χ2n) is 18.9. The molecule has 4 amide bonds. The molecule has 3 atom stereocenters. The third-order valence-electron chi connectivity index (χ3n) is 12.2. The Labute approximate surface area is 434 Å². The molecule has 2 aliphatic rings. The molecule has 3 heterocycles. The fraction of sp³-hybridized carbons (Fsp3) is 0.549. The highest BCUT2D eigenvalue weighted by Gasteiger charge is 2.44. The number of amides is 4. The number of nitrogens with one attached hydrogen (secondary N) is 4. The number of ether oxygens (including phenoxy) is 5. The van der Waals surface area contributed by atoms with Crippen molar-refractivity contribution in [1.29, 1.82) is 0 Å². The second kappa shape index (κ2) is 28.2. The minimum atomic E-state index is -0.966. The number of halogens is 1. The Morgan fingerprint density at radius 1 is 0.917 bits per heavy atom. The van der Waals surface area contributed by atoms with E-state index in [2.05, 4.69) is 52.1 Å². The van der Waals surface area contributed by atoms with Gasteiger partial charge in [0.05, 0.1) is 72.9 Å². The molecule has 1 aliphatic heterocycles. The fourth-order valence-electron chi connectivity index (χ4n) is 7.94. The summed E-state index contributed by atoms with van der Waals surface area (Å²) in [5, 5.41) is 22.8. The Balaban J connectivity index is 0.773. The lowest BCUT2D eigenvalue weighted by Crippen LogP contribution is -2.58. The molecule has 2 fully saturated rings. The van der Waals surface area contributed by atoms with Gasteiger partial charge >= 0.3 is 0 Å². The van der Waals surface area contributed by atoms with Crippen molar-refractivity contribution in [2.75, 3.05) is 96.8 Å². The number of carbonyl (C=O) groups is 4. The number of thiazole rings is 1. The number of rotatable bonds is 29. The normalized spacial score (nSPS) is 16.2. The number of aryl methyl sites for hydroxylation is 1. The monoisotopic (exact) mass is 1080 g/mol. The van der Waals surface area contributed by atoms with Crippen LogP contribution in [0.1, 0.15) is 64.1 Å². The van der Waals surface area contributed by atoms with Crippen LogP contribution in [0.2, 0.25) is 0 Å². The van der Waals surface area contributed by atoms with Gasteiger partial charge in [0.2, 0.25) is 29.6 Å². The molecule has 72 heavy (non-hydrogen) atoms. The number of likely N-dealkylation sites (tertiary alicyclic amines) is 1. The zero-order chi connectivity index (χ0) is 51.5. The largest absolute Gasteiger partial charge is 0.491 e. The number of benzene rings is 2. The number of hydrogen-bond donors (Lipinski definition) is 5. The molecule has 6 rings (SSSR count). The summed E-state index contributed by atoms with van der Waals surface area (Å²) in [5.41, 5.74) is 4.82. The van der Waals surface area contributed by atoms with E-state index in [0.717, 1.165) is 57.5 Å². The molecule has 1 saturated heterocycles. The van der Waals surface area contributed by atoms with Crippen molar-refractivity contribution in [1.82, 2.24) is 35.4 Å². The van der Waals surface area contributed by atoms with Gasteiger partial charge in [-0.1, -0.05) is 51.5 Å². The molecular formula is C51H70BrN9O10S. The van der Waals surface area contributed by atoms with Crippen molar-refractivity contribution >= 4 is 68.3 Å². The molecule has 19 nitrogen and oxygen atoms in total. The molecule has 1 saturated carbocycles. The van der Waals surface area contributed by atoms with Crippen LogP contribution in [-0.4, -0.2) is 158 Å². The highest BCUT2D eigenvalue weighted by atomic mass is 79.9. The smallest absolute Gasteiger partial charge is 0.246 e. The second-order valence-corrected chi connectivity index (χ2v) is 20.6. The summed E-state index contributed by atoms with van der Waals surface area (Å²) < 4.78 is 28.9. The van der Waals surface area contributed by atoms with Crippen LogP contribution in [0.3, 0.4) is 0 Å². The Hall–Kier alpha value is -5.29. The average Bonchev–Trinajstić information content (AvgIpc) is 3.96. The van der Waals surface area contributed by atoms with Gasteiger partial charge in [0, 0.05) is 57.4 Å². The Morgan fingerprint density at radius 3 is 2.21 bits per heavy atom. The predicted molar refractivity (Wildman–Crippen MR) is 278 cm³/mol. The van der Waals surface area contributed by atoms with Crippen LogP contribution in [-0.2, 0) is 44.7 Å². The van der Waals surface area contributed by atoms with Crippen LogP contribution in [0.5, 0.6) is 5.75 Å². The number of anilines is 3. The molecule has 0 bridgehead atoms. The van der Waals surface area contributed by atoms with Crippen LogP contribution in [0.25, 0.3) is 10.4 Å². The third-order valence-corrected chi connectivity index (χ3v) is 13.8. The number of nitrogens with zero attached hydrogens (tertiary/aromatic N) is 5. The molecule has 0 unspecified atom stereocenters. The SMILES string of the molecule is Cc1ncsc1-c1ccc(CNC(=O)[C@@H]2C[C@@H](O)CN2C(=O)[C@@H](NC(=O)COCCOCCOCCOCCOc2ccc(Nc3ncc(Br)c(NCCCN(C)C(=O)C4CCC4)n3)cc2)C(C)(C)C)cc1. The van der Waals surface area contributed by atoms with Crippen molar-refractivity contribution in [3.05, 3.63) is 76.0 Å². The minimum absolute atomic E-state index is 0.0178. The van der Waals surface area contributed by atoms with E-state index in [1.54, 1.807) is 17.5 Å².